The molecule has 0 aliphatic rings. The standard InChI is InChI=1S/C12H9ClN2O3/c13-11-4-3-8(6-10(11)12(16)17)15-14-7-9-2-1-5-18-9/h1-7,15H,(H,16,17)/p-1/b14-7-. The highest BCUT2D eigenvalue weighted by atomic mass is 35.5. The third-order valence-electron chi connectivity index (χ3n) is 2.11. The summed E-state index contributed by atoms with van der Waals surface area (Å²) in [5, 5.41) is 14.8. The minimum atomic E-state index is -1.33. The van der Waals surface area contributed by atoms with Crippen LogP contribution in [0.25, 0.3) is 0 Å². The summed E-state index contributed by atoms with van der Waals surface area (Å²) < 4.78 is 5.04. The molecule has 0 aliphatic heterocycles. The fraction of sp³-hybridized carbons (Fsp3) is 0. The lowest BCUT2D eigenvalue weighted by molar-refractivity contribution is -0.255. The SMILES string of the molecule is O=C([O-])c1cc(N/N=C\c2ccco2)ccc1Cl. The molecule has 0 saturated heterocycles. The number of rotatable bonds is 4. The van der Waals surface area contributed by atoms with Crippen LogP contribution in [-0.4, -0.2) is 12.2 Å². The molecule has 0 atom stereocenters. The van der Waals surface area contributed by atoms with E-state index < -0.39 is 5.97 Å². The monoisotopic (exact) mass is 263 g/mol. The van der Waals surface area contributed by atoms with Crippen molar-refractivity contribution in [2.75, 3.05) is 5.43 Å². The van der Waals surface area contributed by atoms with Gasteiger partial charge in [-0.05, 0) is 30.3 Å². The highest BCUT2D eigenvalue weighted by Crippen LogP contribution is 2.19. The molecular weight excluding hydrogens is 256 g/mol. The first-order valence-corrected chi connectivity index (χ1v) is 5.38. The Morgan fingerprint density at radius 2 is 2.28 bits per heavy atom. The second-order valence-corrected chi connectivity index (χ2v) is 3.77. The van der Waals surface area contributed by atoms with Crippen LogP contribution in [0.2, 0.25) is 5.02 Å². The van der Waals surface area contributed by atoms with Gasteiger partial charge < -0.3 is 14.3 Å². The lowest BCUT2D eigenvalue weighted by atomic mass is 10.2. The van der Waals surface area contributed by atoms with Gasteiger partial charge in [0.1, 0.15) is 5.76 Å². The van der Waals surface area contributed by atoms with E-state index in [0.717, 1.165) is 0 Å². The number of carbonyl (C=O) groups is 1. The molecule has 2 aromatic rings. The summed E-state index contributed by atoms with van der Waals surface area (Å²) in [5.74, 6) is -0.754. The van der Waals surface area contributed by atoms with Gasteiger partial charge in [0.15, 0.2) is 0 Å². The summed E-state index contributed by atoms with van der Waals surface area (Å²) >= 11 is 5.70. The maximum absolute atomic E-state index is 10.8. The number of hydrogen-bond donors (Lipinski definition) is 1. The number of halogens is 1. The van der Waals surface area contributed by atoms with Crippen LogP contribution in [-0.2, 0) is 0 Å². The number of carbonyl (C=O) groups excluding carboxylic acids is 1. The molecule has 1 aromatic heterocycles. The molecule has 0 saturated carbocycles. The molecule has 0 bridgehead atoms. The fourth-order valence-corrected chi connectivity index (χ4v) is 1.48. The highest BCUT2D eigenvalue weighted by Gasteiger charge is 2.02. The Morgan fingerprint density at radius 3 is 2.94 bits per heavy atom. The van der Waals surface area contributed by atoms with E-state index in [1.165, 1.54) is 24.6 Å². The average molecular weight is 264 g/mol. The second kappa shape index (κ2) is 5.37. The van der Waals surface area contributed by atoms with Crippen LogP contribution in [0, 0.1) is 0 Å². The van der Waals surface area contributed by atoms with Gasteiger partial charge in [-0.1, -0.05) is 11.6 Å². The Hall–Kier alpha value is -2.27. The number of hydrazone groups is 1. The Balaban J connectivity index is 2.10. The summed E-state index contributed by atoms with van der Waals surface area (Å²) in [7, 11) is 0. The largest absolute Gasteiger partial charge is 0.545 e. The van der Waals surface area contributed by atoms with Gasteiger partial charge in [0.25, 0.3) is 0 Å². The number of aromatic carboxylic acids is 1. The van der Waals surface area contributed by atoms with Gasteiger partial charge >= 0.3 is 0 Å². The Bertz CT molecular complexity index is 579. The number of carboxylic acids is 1. The predicted octanol–water partition coefficient (Wildman–Crippen LogP) is 1.74. The molecule has 1 N–H and O–H groups in total. The zero-order chi connectivity index (χ0) is 13.0. The molecule has 0 fully saturated rings. The van der Waals surface area contributed by atoms with Gasteiger partial charge in [-0.25, -0.2) is 0 Å². The van der Waals surface area contributed by atoms with Crippen molar-refractivity contribution in [2.45, 2.75) is 0 Å². The lowest BCUT2D eigenvalue weighted by Crippen LogP contribution is -2.22. The second-order valence-electron chi connectivity index (χ2n) is 3.37. The molecule has 1 aromatic carbocycles. The molecule has 0 aliphatic carbocycles. The van der Waals surface area contributed by atoms with Crippen LogP contribution in [0.4, 0.5) is 5.69 Å². The van der Waals surface area contributed by atoms with Gasteiger partial charge in [-0.3, -0.25) is 5.43 Å². The van der Waals surface area contributed by atoms with Crippen LogP contribution in [0.1, 0.15) is 16.1 Å². The summed E-state index contributed by atoms with van der Waals surface area (Å²) in [4.78, 5) is 10.8. The van der Waals surface area contributed by atoms with Crippen molar-refractivity contribution in [3.63, 3.8) is 0 Å². The molecule has 6 heteroatoms. The number of anilines is 1. The maximum Gasteiger partial charge on any atom is 0.146 e. The van der Waals surface area contributed by atoms with E-state index in [2.05, 4.69) is 10.5 Å². The third kappa shape index (κ3) is 2.89. The highest BCUT2D eigenvalue weighted by molar-refractivity contribution is 6.33. The zero-order valence-electron chi connectivity index (χ0n) is 9.09. The quantitative estimate of drug-likeness (QED) is 0.673. The van der Waals surface area contributed by atoms with E-state index in [-0.39, 0.29) is 10.6 Å². The first kappa shape index (κ1) is 12.2. The molecule has 2 rings (SSSR count). The van der Waals surface area contributed by atoms with Gasteiger partial charge in [0, 0.05) is 10.6 Å². The van der Waals surface area contributed by atoms with Crippen molar-refractivity contribution in [3.05, 3.63) is 52.9 Å². The number of benzene rings is 1. The van der Waals surface area contributed by atoms with Crippen molar-refractivity contribution in [2.24, 2.45) is 5.10 Å². The van der Waals surface area contributed by atoms with Crippen LogP contribution in [0.5, 0.6) is 0 Å². The molecular formula is C12H8ClN2O3-. The Morgan fingerprint density at radius 1 is 1.44 bits per heavy atom. The molecule has 0 radical (unpaired) electrons. The third-order valence-corrected chi connectivity index (χ3v) is 2.44. The van der Waals surface area contributed by atoms with E-state index in [9.17, 15) is 9.90 Å². The number of carboxylic acid groups (broad SMARTS) is 1. The van der Waals surface area contributed by atoms with Crippen molar-refractivity contribution in [1.29, 1.82) is 0 Å². The van der Waals surface area contributed by atoms with Crippen LogP contribution >= 0.6 is 11.6 Å². The number of nitrogens with one attached hydrogen (secondary N) is 1. The summed E-state index contributed by atoms with van der Waals surface area (Å²) in [6.07, 6.45) is 2.99. The van der Waals surface area contributed by atoms with E-state index >= 15 is 0 Å². The number of hydrogen-bond acceptors (Lipinski definition) is 5. The van der Waals surface area contributed by atoms with Crippen LogP contribution in [0.15, 0.2) is 46.1 Å². The van der Waals surface area contributed by atoms with Crippen LogP contribution < -0.4 is 10.5 Å². The average Bonchev–Trinajstić information content (AvgIpc) is 2.84. The first-order valence-electron chi connectivity index (χ1n) is 5.00. The van der Waals surface area contributed by atoms with Gasteiger partial charge in [-0.2, -0.15) is 5.10 Å². The van der Waals surface area contributed by atoms with Gasteiger partial charge in [-0.15, -0.1) is 0 Å². The normalized spacial score (nSPS) is 10.7. The summed E-state index contributed by atoms with van der Waals surface area (Å²) in [6.45, 7) is 0. The molecule has 5 nitrogen and oxygen atoms in total. The van der Waals surface area contributed by atoms with Crippen molar-refractivity contribution >= 4 is 29.5 Å². The smallest absolute Gasteiger partial charge is 0.146 e. The number of furan rings is 1. The van der Waals surface area contributed by atoms with E-state index in [4.69, 9.17) is 16.0 Å². The zero-order valence-corrected chi connectivity index (χ0v) is 9.85. The minimum Gasteiger partial charge on any atom is -0.545 e. The van der Waals surface area contributed by atoms with Crippen molar-refractivity contribution in [1.82, 2.24) is 0 Å². The molecule has 0 unspecified atom stereocenters. The van der Waals surface area contributed by atoms with Gasteiger partial charge in [0.2, 0.25) is 0 Å². The Labute approximate surface area is 108 Å². The van der Waals surface area contributed by atoms with Crippen molar-refractivity contribution < 1.29 is 14.3 Å². The number of nitrogens with zero attached hydrogens (tertiary/aromatic N) is 1. The van der Waals surface area contributed by atoms with Crippen LogP contribution in [0.3, 0.4) is 0 Å². The fourth-order valence-electron chi connectivity index (χ4n) is 1.29. The molecule has 92 valence electrons. The summed E-state index contributed by atoms with van der Waals surface area (Å²) in [6, 6.07) is 7.88. The molecule has 0 spiro atoms. The van der Waals surface area contributed by atoms with E-state index in [1.54, 1.807) is 18.2 Å². The predicted molar refractivity (Wildman–Crippen MR) is 65.7 cm³/mol. The van der Waals surface area contributed by atoms with E-state index in [0.29, 0.717) is 11.4 Å². The summed E-state index contributed by atoms with van der Waals surface area (Å²) in [5.41, 5.74) is 3.06. The first-order chi connectivity index (χ1) is 8.66. The topological polar surface area (TPSA) is 77.7 Å². The lowest BCUT2D eigenvalue weighted by Gasteiger charge is -2.07. The molecule has 0 amide bonds. The van der Waals surface area contributed by atoms with Gasteiger partial charge in [0.05, 0.1) is 24.1 Å². The molecule has 18 heavy (non-hydrogen) atoms. The van der Waals surface area contributed by atoms with E-state index in [1.807, 2.05) is 0 Å². The molecule has 1 heterocycles. The minimum absolute atomic E-state index is 0.0881. The Kier molecular flexibility index (Phi) is 3.64. The van der Waals surface area contributed by atoms with Crippen molar-refractivity contribution in [3.8, 4) is 0 Å². The maximum atomic E-state index is 10.8.